The van der Waals surface area contributed by atoms with E-state index in [2.05, 4.69) is 6.58 Å². The van der Waals surface area contributed by atoms with Crippen LogP contribution in [0.2, 0.25) is 0 Å². The third kappa shape index (κ3) is 2.12. The van der Waals surface area contributed by atoms with Gasteiger partial charge in [0.25, 0.3) is 0 Å². The van der Waals surface area contributed by atoms with Gasteiger partial charge in [0.15, 0.2) is 23.3 Å². The van der Waals surface area contributed by atoms with Gasteiger partial charge in [0, 0.05) is 0 Å². The Morgan fingerprint density at radius 3 is 1.53 bits per heavy atom. The number of benzene rings is 2. The minimum atomic E-state index is -2.17. The van der Waals surface area contributed by atoms with Crippen molar-refractivity contribution in [1.29, 1.82) is 0 Å². The summed E-state index contributed by atoms with van der Waals surface area (Å²) in [4.78, 5) is 0. The van der Waals surface area contributed by atoms with Gasteiger partial charge >= 0.3 is 0 Å². The molecule has 0 radical (unpaired) electrons. The summed E-state index contributed by atoms with van der Waals surface area (Å²) in [5.41, 5.74) is -0.377. The second-order valence-electron chi connectivity index (χ2n) is 3.77. The molecule has 0 atom stereocenters. The second-order valence-corrected chi connectivity index (χ2v) is 3.77. The minimum Gasteiger partial charge on any atom is -0.203 e. The molecular formula is C14H7F5. The van der Waals surface area contributed by atoms with Gasteiger partial charge in [-0.2, -0.15) is 0 Å². The van der Waals surface area contributed by atoms with Crippen LogP contribution in [0.4, 0.5) is 22.0 Å². The van der Waals surface area contributed by atoms with Gasteiger partial charge in [-0.1, -0.05) is 36.9 Å². The van der Waals surface area contributed by atoms with E-state index in [9.17, 15) is 22.0 Å². The lowest BCUT2D eigenvalue weighted by Crippen LogP contribution is -2.03. The lowest BCUT2D eigenvalue weighted by molar-refractivity contribution is 0.381. The van der Waals surface area contributed by atoms with E-state index in [1.54, 1.807) is 0 Å². The van der Waals surface area contributed by atoms with Crippen molar-refractivity contribution in [3.8, 4) is 11.1 Å². The molecule has 0 amide bonds. The maximum absolute atomic E-state index is 13.5. The third-order valence-corrected chi connectivity index (χ3v) is 2.64. The Morgan fingerprint density at radius 1 is 0.684 bits per heavy atom. The molecule has 0 unspecified atom stereocenters. The summed E-state index contributed by atoms with van der Waals surface area (Å²) < 4.78 is 66.1. The number of rotatable bonds is 2. The number of halogens is 5. The van der Waals surface area contributed by atoms with Gasteiger partial charge < -0.3 is 0 Å². The summed E-state index contributed by atoms with van der Waals surface area (Å²) >= 11 is 0. The van der Waals surface area contributed by atoms with Crippen molar-refractivity contribution < 1.29 is 22.0 Å². The van der Waals surface area contributed by atoms with Crippen LogP contribution < -0.4 is 0 Å². The van der Waals surface area contributed by atoms with Crippen LogP contribution in [0, 0.1) is 29.1 Å². The molecule has 0 heterocycles. The quantitative estimate of drug-likeness (QED) is 0.422. The Bertz CT molecular complexity index is 615. The lowest BCUT2D eigenvalue weighted by Gasteiger charge is -2.08. The standard InChI is InChI=1S/C14H7F5/c1-2-7-3-5-8(6-4-7)9-10(15)12(17)14(19)13(18)11(9)16/h2-6H,1H2. The smallest absolute Gasteiger partial charge is 0.200 e. The lowest BCUT2D eigenvalue weighted by atomic mass is 10.0. The molecule has 0 aromatic heterocycles. The molecule has 2 rings (SSSR count). The molecule has 0 spiro atoms. The molecular weight excluding hydrogens is 263 g/mol. The molecule has 0 aliphatic heterocycles. The van der Waals surface area contributed by atoms with Crippen LogP contribution in [0.5, 0.6) is 0 Å². The molecule has 0 fully saturated rings. The van der Waals surface area contributed by atoms with Crippen LogP contribution in [0.1, 0.15) is 5.56 Å². The molecule has 0 bridgehead atoms. The van der Waals surface area contributed by atoms with E-state index in [1.807, 2.05) is 0 Å². The molecule has 0 saturated heterocycles. The molecule has 2 aromatic rings. The van der Waals surface area contributed by atoms with Gasteiger partial charge in [0.1, 0.15) is 0 Å². The first-order valence-electron chi connectivity index (χ1n) is 5.21. The van der Waals surface area contributed by atoms with E-state index in [-0.39, 0.29) is 5.56 Å². The summed E-state index contributed by atoms with van der Waals surface area (Å²) in [6, 6.07) is 5.44. The maximum atomic E-state index is 13.5. The fourth-order valence-corrected chi connectivity index (χ4v) is 1.64. The van der Waals surface area contributed by atoms with Crippen LogP contribution in [0.25, 0.3) is 17.2 Å². The fourth-order valence-electron chi connectivity index (χ4n) is 1.64. The van der Waals surface area contributed by atoms with E-state index < -0.39 is 34.6 Å². The summed E-state index contributed by atoms with van der Waals surface area (Å²) in [5, 5.41) is 0. The topological polar surface area (TPSA) is 0 Å². The predicted octanol–water partition coefficient (Wildman–Crippen LogP) is 4.69. The third-order valence-electron chi connectivity index (χ3n) is 2.64. The van der Waals surface area contributed by atoms with E-state index >= 15 is 0 Å². The molecule has 0 aliphatic carbocycles. The van der Waals surface area contributed by atoms with Gasteiger partial charge in [-0.15, -0.1) is 0 Å². The van der Waals surface area contributed by atoms with Gasteiger partial charge in [-0.05, 0) is 11.1 Å². The van der Waals surface area contributed by atoms with Gasteiger partial charge in [0.05, 0.1) is 5.56 Å². The van der Waals surface area contributed by atoms with Crippen LogP contribution in [-0.2, 0) is 0 Å². The molecule has 5 heteroatoms. The van der Waals surface area contributed by atoms with Crippen LogP contribution in [0.15, 0.2) is 30.8 Å². The Hall–Kier alpha value is -2.17. The SMILES string of the molecule is C=Cc1ccc(-c2c(F)c(F)c(F)c(F)c2F)cc1. The highest BCUT2D eigenvalue weighted by Gasteiger charge is 2.26. The van der Waals surface area contributed by atoms with Crippen LogP contribution in [-0.4, -0.2) is 0 Å². The van der Waals surface area contributed by atoms with E-state index in [0.717, 1.165) is 0 Å². The predicted molar refractivity (Wildman–Crippen MR) is 61.8 cm³/mol. The monoisotopic (exact) mass is 270 g/mol. The van der Waals surface area contributed by atoms with Crippen molar-refractivity contribution in [2.24, 2.45) is 0 Å². The maximum Gasteiger partial charge on any atom is 0.200 e. The number of hydrogen-bond acceptors (Lipinski definition) is 0. The zero-order chi connectivity index (χ0) is 14.2. The second kappa shape index (κ2) is 4.84. The normalized spacial score (nSPS) is 10.6. The van der Waals surface area contributed by atoms with Crippen LogP contribution >= 0.6 is 0 Å². The first-order chi connectivity index (χ1) is 8.97. The molecule has 0 nitrogen and oxygen atoms in total. The van der Waals surface area contributed by atoms with Gasteiger partial charge in [-0.25, -0.2) is 22.0 Å². The highest BCUT2D eigenvalue weighted by atomic mass is 19.2. The van der Waals surface area contributed by atoms with Crippen molar-refractivity contribution in [2.75, 3.05) is 0 Å². The van der Waals surface area contributed by atoms with E-state index in [1.165, 1.54) is 30.3 Å². The Kier molecular flexibility index (Phi) is 3.38. The van der Waals surface area contributed by atoms with E-state index in [4.69, 9.17) is 0 Å². The summed E-state index contributed by atoms with van der Waals surface area (Å²) in [5.74, 6) is -9.77. The van der Waals surface area contributed by atoms with Gasteiger partial charge in [0.2, 0.25) is 5.82 Å². The average Bonchev–Trinajstić information content (AvgIpc) is 2.44. The fraction of sp³-hybridized carbons (Fsp3) is 0. The summed E-state index contributed by atoms with van der Waals surface area (Å²) in [6.07, 6.45) is 1.49. The minimum absolute atomic E-state index is 0.0987. The van der Waals surface area contributed by atoms with E-state index in [0.29, 0.717) is 5.56 Å². The zero-order valence-corrected chi connectivity index (χ0v) is 9.48. The Morgan fingerprint density at radius 2 is 1.11 bits per heavy atom. The van der Waals surface area contributed by atoms with Crippen molar-refractivity contribution >= 4 is 6.08 Å². The molecule has 98 valence electrons. The molecule has 0 saturated carbocycles. The largest absolute Gasteiger partial charge is 0.203 e. The highest BCUT2D eigenvalue weighted by Crippen LogP contribution is 2.31. The Balaban J connectivity index is 2.71. The first kappa shape index (κ1) is 13.3. The summed E-state index contributed by atoms with van der Waals surface area (Å²) in [7, 11) is 0. The molecule has 19 heavy (non-hydrogen) atoms. The highest BCUT2D eigenvalue weighted by molar-refractivity contribution is 5.67. The number of hydrogen-bond donors (Lipinski definition) is 0. The van der Waals surface area contributed by atoms with Crippen molar-refractivity contribution in [1.82, 2.24) is 0 Å². The average molecular weight is 270 g/mol. The van der Waals surface area contributed by atoms with Crippen molar-refractivity contribution in [3.63, 3.8) is 0 Å². The molecule has 2 aromatic carbocycles. The van der Waals surface area contributed by atoms with Crippen molar-refractivity contribution in [2.45, 2.75) is 0 Å². The zero-order valence-electron chi connectivity index (χ0n) is 9.48. The molecule has 0 N–H and O–H groups in total. The van der Waals surface area contributed by atoms with Crippen molar-refractivity contribution in [3.05, 3.63) is 65.5 Å². The van der Waals surface area contributed by atoms with Crippen LogP contribution in [0.3, 0.4) is 0 Å². The van der Waals surface area contributed by atoms with Gasteiger partial charge in [-0.3, -0.25) is 0 Å². The first-order valence-corrected chi connectivity index (χ1v) is 5.21. The summed E-state index contributed by atoms with van der Waals surface area (Å²) in [6.45, 7) is 3.49. The Labute approximate surface area is 105 Å². The molecule has 0 aliphatic rings.